The van der Waals surface area contributed by atoms with E-state index in [2.05, 4.69) is 58.3 Å². The highest BCUT2D eigenvalue weighted by molar-refractivity contribution is 5.63. The van der Waals surface area contributed by atoms with Gasteiger partial charge < -0.3 is 24.6 Å². The summed E-state index contributed by atoms with van der Waals surface area (Å²) in [5.41, 5.74) is 4.56. The second-order valence-electron chi connectivity index (χ2n) is 9.84. The third kappa shape index (κ3) is 7.16. The molecular formula is C28H44N6O2. The van der Waals surface area contributed by atoms with Gasteiger partial charge in [0.1, 0.15) is 5.82 Å². The molecule has 36 heavy (non-hydrogen) atoms. The summed E-state index contributed by atoms with van der Waals surface area (Å²) in [6, 6.07) is 8.73. The number of aryl methyl sites for hydroxylation is 1. The van der Waals surface area contributed by atoms with Gasteiger partial charge in [0.25, 0.3) is 0 Å². The van der Waals surface area contributed by atoms with Gasteiger partial charge in [-0.3, -0.25) is 4.90 Å². The Kier molecular flexibility index (Phi) is 9.92. The third-order valence-corrected chi connectivity index (χ3v) is 7.17. The number of rotatable bonds is 12. The minimum Gasteiger partial charge on any atom is -0.369 e. The predicted molar refractivity (Wildman–Crippen MR) is 147 cm³/mol. The van der Waals surface area contributed by atoms with Crippen LogP contribution in [0.2, 0.25) is 0 Å². The number of piperazine rings is 1. The fraction of sp³-hybridized carbons (Fsp3) is 0.643. The van der Waals surface area contributed by atoms with E-state index in [-0.39, 0.29) is 6.29 Å². The van der Waals surface area contributed by atoms with Gasteiger partial charge in [0, 0.05) is 81.4 Å². The van der Waals surface area contributed by atoms with E-state index in [4.69, 9.17) is 19.4 Å². The molecule has 1 aromatic heterocycles. The lowest BCUT2D eigenvalue weighted by Crippen LogP contribution is -2.44. The van der Waals surface area contributed by atoms with Crippen molar-refractivity contribution in [2.24, 2.45) is 0 Å². The summed E-state index contributed by atoms with van der Waals surface area (Å²) in [4.78, 5) is 17.3. The van der Waals surface area contributed by atoms with E-state index in [9.17, 15) is 0 Å². The van der Waals surface area contributed by atoms with Gasteiger partial charge in [0.2, 0.25) is 0 Å². The van der Waals surface area contributed by atoms with Crippen LogP contribution in [0.4, 0.5) is 11.5 Å². The van der Waals surface area contributed by atoms with Crippen LogP contribution in [0.1, 0.15) is 44.4 Å². The van der Waals surface area contributed by atoms with Crippen LogP contribution in [-0.2, 0) is 16.0 Å². The van der Waals surface area contributed by atoms with E-state index < -0.39 is 0 Å². The first kappa shape index (κ1) is 26.8. The average Bonchev–Trinajstić information content (AvgIpc) is 3.40. The lowest BCUT2D eigenvalue weighted by Gasteiger charge is -2.34. The van der Waals surface area contributed by atoms with Crippen molar-refractivity contribution in [2.45, 2.75) is 52.9 Å². The first-order chi connectivity index (χ1) is 17.6. The monoisotopic (exact) mass is 496 g/mol. The number of aromatic nitrogens is 2. The van der Waals surface area contributed by atoms with Crippen molar-refractivity contribution in [1.82, 2.24) is 19.8 Å². The minimum atomic E-state index is -0.195. The van der Waals surface area contributed by atoms with Crippen LogP contribution in [0.3, 0.4) is 0 Å². The first-order valence-electron chi connectivity index (χ1n) is 13.7. The maximum absolute atomic E-state index is 5.73. The zero-order chi connectivity index (χ0) is 25.3. The number of likely N-dealkylation sites (N-methyl/N-ethyl adjacent to an activating group) is 1. The van der Waals surface area contributed by atoms with E-state index >= 15 is 0 Å². The number of nitrogens with zero attached hydrogens (tertiary/aromatic N) is 5. The Hall–Kier alpha value is -2.26. The quantitative estimate of drug-likeness (QED) is 0.443. The van der Waals surface area contributed by atoms with Gasteiger partial charge in [0.15, 0.2) is 12.1 Å². The topological polar surface area (TPSA) is 66.0 Å². The maximum atomic E-state index is 5.73. The number of benzene rings is 1. The standard InChI is InChI=1S/C28H44N6O2/c1-5-35-26(36-6-2)13-14-29-28-25(21-33-15-7-8-16-33)22(3)30-27(31-28)23-9-11-24(12-10-23)34-19-17-32(4)18-20-34/h9-12,26H,5-8,13-21H2,1-4H3,(H,29,30,31). The second kappa shape index (κ2) is 13.3. The lowest BCUT2D eigenvalue weighted by atomic mass is 10.1. The smallest absolute Gasteiger partial charge is 0.161 e. The fourth-order valence-corrected chi connectivity index (χ4v) is 5.01. The molecule has 3 heterocycles. The highest BCUT2D eigenvalue weighted by Gasteiger charge is 2.20. The maximum Gasteiger partial charge on any atom is 0.161 e. The van der Waals surface area contributed by atoms with E-state index in [1.54, 1.807) is 0 Å². The lowest BCUT2D eigenvalue weighted by molar-refractivity contribution is -0.137. The zero-order valence-electron chi connectivity index (χ0n) is 22.6. The van der Waals surface area contributed by atoms with Crippen molar-refractivity contribution >= 4 is 11.5 Å². The molecule has 2 aromatic rings. The number of ether oxygens (including phenoxy) is 2. The van der Waals surface area contributed by atoms with Gasteiger partial charge in [-0.1, -0.05) is 0 Å². The molecule has 2 fully saturated rings. The third-order valence-electron chi connectivity index (χ3n) is 7.17. The van der Waals surface area contributed by atoms with Crippen molar-refractivity contribution in [3.63, 3.8) is 0 Å². The first-order valence-corrected chi connectivity index (χ1v) is 13.7. The molecular weight excluding hydrogens is 452 g/mol. The van der Waals surface area contributed by atoms with Crippen LogP contribution in [0.5, 0.6) is 0 Å². The van der Waals surface area contributed by atoms with Gasteiger partial charge >= 0.3 is 0 Å². The largest absolute Gasteiger partial charge is 0.369 e. The van der Waals surface area contributed by atoms with Crippen molar-refractivity contribution in [1.29, 1.82) is 0 Å². The van der Waals surface area contributed by atoms with Crippen molar-refractivity contribution in [3.8, 4) is 11.4 Å². The average molecular weight is 497 g/mol. The Bertz CT molecular complexity index is 934. The molecule has 8 heteroatoms. The van der Waals surface area contributed by atoms with E-state index in [0.29, 0.717) is 13.2 Å². The molecule has 1 aromatic carbocycles. The molecule has 8 nitrogen and oxygen atoms in total. The normalized spacial score (nSPS) is 17.3. The molecule has 0 bridgehead atoms. The van der Waals surface area contributed by atoms with Crippen molar-refractivity contribution in [2.75, 3.05) is 76.3 Å². The second-order valence-corrected chi connectivity index (χ2v) is 9.84. The Morgan fingerprint density at radius 2 is 1.58 bits per heavy atom. The van der Waals surface area contributed by atoms with E-state index in [1.807, 2.05) is 13.8 Å². The van der Waals surface area contributed by atoms with Crippen LogP contribution in [0.25, 0.3) is 11.4 Å². The van der Waals surface area contributed by atoms with Crippen LogP contribution >= 0.6 is 0 Å². The summed E-state index contributed by atoms with van der Waals surface area (Å²) in [5.74, 6) is 1.70. The number of anilines is 2. The summed E-state index contributed by atoms with van der Waals surface area (Å²) >= 11 is 0. The van der Waals surface area contributed by atoms with Crippen molar-refractivity contribution in [3.05, 3.63) is 35.5 Å². The summed E-state index contributed by atoms with van der Waals surface area (Å²) in [6.07, 6.45) is 3.11. The van der Waals surface area contributed by atoms with Gasteiger partial charge in [0.05, 0.1) is 0 Å². The van der Waals surface area contributed by atoms with Crippen LogP contribution in [0.15, 0.2) is 24.3 Å². The Morgan fingerprint density at radius 1 is 0.917 bits per heavy atom. The molecule has 4 rings (SSSR count). The molecule has 1 N–H and O–H groups in total. The number of hydrogen-bond acceptors (Lipinski definition) is 8. The molecule has 198 valence electrons. The molecule has 2 aliphatic heterocycles. The molecule has 2 saturated heterocycles. The van der Waals surface area contributed by atoms with Gasteiger partial charge in [-0.15, -0.1) is 0 Å². The molecule has 0 aliphatic carbocycles. The van der Waals surface area contributed by atoms with Gasteiger partial charge in [-0.05, 0) is 78.0 Å². The highest BCUT2D eigenvalue weighted by atomic mass is 16.7. The number of hydrogen-bond donors (Lipinski definition) is 1. The minimum absolute atomic E-state index is 0.195. The molecule has 0 saturated carbocycles. The number of likely N-dealkylation sites (tertiary alicyclic amines) is 1. The summed E-state index contributed by atoms with van der Waals surface area (Å²) in [5, 5.41) is 3.60. The van der Waals surface area contributed by atoms with Crippen LogP contribution in [-0.4, -0.2) is 92.1 Å². The molecule has 2 aliphatic rings. The molecule has 0 radical (unpaired) electrons. The summed E-state index contributed by atoms with van der Waals surface area (Å²) in [7, 11) is 2.19. The summed E-state index contributed by atoms with van der Waals surface area (Å²) < 4.78 is 11.5. The zero-order valence-corrected chi connectivity index (χ0v) is 22.6. The fourth-order valence-electron chi connectivity index (χ4n) is 5.01. The molecule has 0 atom stereocenters. The van der Waals surface area contributed by atoms with E-state index in [1.165, 1.54) is 24.1 Å². The Balaban J connectivity index is 1.52. The Morgan fingerprint density at radius 3 is 2.22 bits per heavy atom. The van der Waals surface area contributed by atoms with Gasteiger partial charge in [-0.2, -0.15) is 0 Å². The molecule has 0 amide bonds. The predicted octanol–water partition coefficient (Wildman–Crippen LogP) is 4.00. The van der Waals surface area contributed by atoms with Crippen LogP contribution in [0, 0.1) is 6.92 Å². The summed E-state index contributed by atoms with van der Waals surface area (Å²) in [6.45, 7) is 15.6. The van der Waals surface area contributed by atoms with Gasteiger partial charge in [-0.25, -0.2) is 9.97 Å². The Labute approximate surface area is 217 Å². The highest BCUT2D eigenvalue weighted by Crippen LogP contribution is 2.27. The molecule has 0 unspecified atom stereocenters. The SMILES string of the molecule is CCOC(CCNc1nc(-c2ccc(N3CCN(C)CC3)cc2)nc(C)c1CN1CCCC1)OCC. The van der Waals surface area contributed by atoms with Crippen LogP contribution < -0.4 is 10.2 Å². The van der Waals surface area contributed by atoms with Crippen molar-refractivity contribution < 1.29 is 9.47 Å². The van der Waals surface area contributed by atoms with E-state index in [0.717, 1.165) is 81.7 Å². The number of nitrogens with one attached hydrogen (secondary N) is 1. The molecule has 0 spiro atoms.